The van der Waals surface area contributed by atoms with Crippen LogP contribution in [0.1, 0.15) is 53.4 Å². The molecule has 25 heavy (non-hydrogen) atoms. The van der Waals surface area contributed by atoms with Crippen LogP contribution < -0.4 is 0 Å². The van der Waals surface area contributed by atoms with Gasteiger partial charge in [0.05, 0.1) is 20.4 Å². The molecule has 7 heteroatoms. The fourth-order valence-electron chi connectivity index (χ4n) is 2.54. The van der Waals surface area contributed by atoms with Gasteiger partial charge in [-0.05, 0) is 44.8 Å². The number of carboxylic acids is 2. The smallest absolute Gasteiger partial charge is 0.307 e. The molecule has 0 aliphatic rings. The van der Waals surface area contributed by atoms with Gasteiger partial charge in [-0.2, -0.15) is 0 Å². The van der Waals surface area contributed by atoms with Crippen LogP contribution >= 0.6 is 0 Å². The zero-order chi connectivity index (χ0) is 20.3. The van der Waals surface area contributed by atoms with E-state index >= 15 is 0 Å². The molecule has 0 aliphatic heterocycles. The maximum atomic E-state index is 11.2. The second-order valence-corrected chi connectivity index (χ2v) is 20.1. The molecule has 0 saturated heterocycles. The van der Waals surface area contributed by atoms with E-state index in [0.29, 0.717) is 12.8 Å². The molecule has 0 spiro atoms. The van der Waals surface area contributed by atoms with Crippen LogP contribution in [0, 0.1) is 5.92 Å². The largest absolute Gasteiger partial charge is 0.481 e. The summed E-state index contributed by atoms with van der Waals surface area (Å²) in [5.41, 5.74) is 0. The maximum absolute atomic E-state index is 11.2. The first kappa shape index (κ1) is 24.3. The lowest BCUT2D eigenvalue weighted by Crippen LogP contribution is -2.57. The minimum Gasteiger partial charge on any atom is -0.481 e. The molecule has 0 amide bonds. The van der Waals surface area contributed by atoms with Crippen molar-refractivity contribution in [1.29, 1.82) is 0 Å². The standard InChI is InChI=1S/C18H38O5Si2/c1-17(2,12-10-11-14(16(21)22)13-15(19)20)25(8,9)23-18(3,4)24(5,6)7/h14H,10-13H2,1-9H3,(H,19,20)(H,21,22). The van der Waals surface area contributed by atoms with Gasteiger partial charge in [-0.25, -0.2) is 0 Å². The molecule has 0 aromatic rings. The molecule has 0 heterocycles. The SMILES string of the molecule is CC(C)(O[Si](C)(C)C(C)(C)CCCC(CC(=O)O)C(=O)O)[Si](C)(C)C. The molecule has 5 nitrogen and oxygen atoms in total. The van der Waals surface area contributed by atoms with E-state index in [2.05, 4.69) is 60.4 Å². The molecular weight excluding hydrogens is 352 g/mol. The fourth-order valence-corrected chi connectivity index (χ4v) is 6.87. The Labute approximate surface area is 155 Å². The van der Waals surface area contributed by atoms with Crippen molar-refractivity contribution in [3.63, 3.8) is 0 Å². The van der Waals surface area contributed by atoms with Crippen LogP contribution in [0.3, 0.4) is 0 Å². The second kappa shape index (κ2) is 8.35. The predicted molar refractivity (Wildman–Crippen MR) is 107 cm³/mol. The van der Waals surface area contributed by atoms with Crippen LogP contribution in [-0.2, 0) is 14.0 Å². The Morgan fingerprint density at radius 2 is 1.48 bits per heavy atom. The molecule has 0 aliphatic carbocycles. The predicted octanol–water partition coefficient (Wildman–Crippen LogP) is 4.99. The Balaban J connectivity index is 4.94. The third-order valence-corrected chi connectivity index (χ3v) is 14.5. The summed E-state index contributed by atoms with van der Waals surface area (Å²) in [5, 5.41) is 17.9. The Bertz CT molecular complexity index is 478. The van der Waals surface area contributed by atoms with Crippen molar-refractivity contribution in [2.24, 2.45) is 5.92 Å². The number of aliphatic carboxylic acids is 2. The highest BCUT2D eigenvalue weighted by atomic mass is 28.4. The number of carboxylic acid groups (broad SMARTS) is 2. The third-order valence-electron chi connectivity index (χ3n) is 6.07. The van der Waals surface area contributed by atoms with Crippen LogP contribution in [0.4, 0.5) is 0 Å². The van der Waals surface area contributed by atoms with E-state index in [0.717, 1.165) is 6.42 Å². The van der Waals surface area contributed by atoms with Gasteiger partial charge in [-0.1, -0.05) is 39.9 Å². The van der Waals surface area contributed by atoms with Crippen molar-refractivity contribution in [2.45, 2.75) is 96.4 Å². The van der Waals surface area contributed by atoms with E-state index in [4.69, 9.17) is 9.53 Å². The van der Waals surface area contributed by atoms with E-state index in [1.165, 1.54) is 0 Å². The van der Waals surface area contributed by atoms with E-state index in [-0.39, 0.29) is 16.7 Å². The Morgan fingerprint density at radius 1 is 1.00 bits per heavy atom. The van der Waals surface area contributed by atoms with Gasteiger partial charge in [0.2, 0.25) is 0 Å². The summed E-state index contributed by atoms with van der Waals surface area (Å²) in [5.74, 6) is -2.88. The van der Waals surface area contributed by atoms with E-state index in [9.17, 15) is 14.7 Å². The van der Waals surface area contributed by atoms with Crippen molar-refractivity contribution in [3.05, 3.63) is 0 Å². The van der Waals surface area contributed by atoms with Gasteiger partial charge in [-0.15, -0.1) is 0 Å². The van der Waals surface area contributed by atoms with Gasteiger partial charge in [0.15, 0.2) is 8.32 Å². The highest BCUT2D eigenvalue weighted by Crippen LogP contribution is 2.45. The summed E-state index contributed by atoms with van der Waals surface area (Å²) in [7, 11) is -3.52. The third kappa shape index (κ3) is 7.23. The van der Waals surface area contributed by atoms with E-state index in [1.807, 2.05) is 0 Å². The van der Waals surface area contributed by atoms with Crippen LogP contribution in [0.15, 0.2) is 0 Å². The number of carbonyl (C=O) groups is 2. The highest BCUT2D eigenvalue weighted by Gasteiger charge is 2.47. The highest BCUT2D eigenvalue weighted by molar-refractivity contribution is 6.81. The molecule has 0 aromatic heterocycles. The van der Waals surface area contributed by atoms with Crippen molar-refractivity contribution in [2.75, 3.05) is 0 Å². The topological polar surface area (TPSA) is 83.8 Å². The van der Waals surface area contributed by atoms with Crippen molar-refractivity contribution in [1.82, 2.24) is 0 Å². The minimum atomic E-state index is -2.04. The molecule has 1 atom stereocenters. The van der Waals surface area contributed by atoms with Crippen LogP contribution in [-0.4, -0.2) is 43.8 Å². The minimum absolute atomic E-state index is 0.0177. The summed E-state index contributed by atoms with van der Waals surface area (Å²) >= 11 is 0. The average molecular weight is 391 g/mol. The van der Waals surface area contributed by atoms with Gasteiger partial charge in [0, 0.05) is 5.22 Å². The quantitative estimate of drug-likeness (QED) is 0.485. The molecule has 0 aromatic carbocycles. The molecule has 0 fully saturated rings. The zero-order valence-electron chi connectivity index (χ0n) is 17.5. The summed E-state index contributed by atoms with van der Waals surface area (Å²) in [6.07, 6.45) is 1.63. The monoisotopic (exact) mass is 390 g/mol. The molecule has 0 rings (SSSR count). The van der Waals surface area contributed by atoms with Gasteiger partial charge < -0.3 is 14.6 Å². The lowest BCUT2D eigenvalue weighted by molar-refractivity contribution is -0.148. The molecule has 1 unspecified atom stereocenters. The maximum Gasteiger partial charge on any atom is 0.307 e. The van der Waals surface area contributed by atoms with Crippen molar-refractivity contribution >= 4 is 28.3 Å². The molecule has 148 valence electrons. The van der Waals surface area contributed by atoms with Gasteiger partial charge >= 0.3 is 11.9 Å². The normalized spacial score (nSPS) is 15.1. The number of hydrogen-bond donors (Lipinski definition) is 2. The Hall–Kier alpha value is -0.666. The van der Waals surface area contributed by atoms with Crippen LogP contribution in [0.2, 0.25) is 37.8 Å². The Kier molecular flexibility index (Phi) is 8.13. The first-order valence-electron chi connectivity index (χ1n) is 9.08. The lowest BCUT2D eigenvalue weighted by Gasteiger charge is -2.49. The van der Waals surface area contributed by atoms with Crippen LogP contribution in [0.25, 0.3) is 0 Å². The second-order valence-electron chi connectivity index (χ2n) is 9.78. The molecular formula is C18H38O5Si2. The molecule has 2 N–H and O–H groups in total. The van der Waals surface area contributed by atoms with E-state index in [1.54, 1.807) is 0 Å². The van der Waals surface area contributed by atoms with Crippen LogP contribution in [0.5, 0.6) is 0 Å². The summed E-state index contributed by atoms with van der Waals surface area (Å²) < 4.78 is 6.71. The van der Waals surface area contributed by atoms with E-state index < -0.39 is 34.2 Å². The molecule has 0 bridgehead atoms. The van der Waals surface area contributed by atoms with Gasteiger partial charge in [-0.3, -0.25) is 9.59 Å². The van der Waals surface area contributed by atoms with Crippen molar-refractivity contribution < 1.29 is 24.2 Å². The zero-order valence-corrected chi connectivity index (χ0v) is 19.5. The molecule has 0 radical (unpaired) electrons. The number of hydrogen-bond acceptors (Lipinski definition) is 3. The summed E-state index contributed by atoms with van der Waals surface area (Å²) in [6, 6.07) is 0. The number of rotatable bonds is 11. The molecule has 0 saturated carbocycles. The first-order chi connectivity index (χ1) is 10.9. The summed E-state index contributed by atoms with van der Waals surface area (Å²) in [6.45, 7) is 20.2. The average Bonchev–Trinajstić information content (AvgIpc) is 2.33. The Morgan fingerprint density at radius 3 is 1.84 bits per heavy atom. The summed E-state index contributed by atoms with van der Waals surface area (Å²) in [4.78, 5) is 22.0. The van der Waals surface area contributed by atoms with Gasteiger partial charge in [0.25, 0.3) is 0 Å². The van der Waals surface area contributed by atoms with Crippen molar-refractivity contribution in [3.8, 4) is 0 Å². The lowest BCUT2D eigenvalue weighted by atomic mass is 9.95. The fraction of sp³-hybridized carbons (Fsp3) is 0.889. The first-order valence-corrected chi connectivity index (χ1v) is 15.5. The van der Waals surface area contributed by atoms with Gasteiger partial charge in [0.1, 0.15) is 0 Å².